The van der Waals surface area contributed by atoms with Crippen molar-refractivity contribution in [2.75, 3.05) is 13.1 Å². The Labute approximate surface area is 283 Å². The van der Waals surface area contributed by atoms with Crippen LogP contribution in [0.3, 0.4) is 0 Å². The summed E-state index contributed by atoms with van der Waals surface area (Å²) in [6, 6.07) is 12.4. The molecule has 0 spiro atoms. The Kier molecular flexibility index (Phi) is 18.0. The first-order chi connectivity index (χ1) is 23.1. The van der Waals surface area contributed by atoms with Gasteiger partial charge in [-0.2, -0.15) is 0 Å². The molecule has 0 aliphatic rings. The van der Waals surface area contributed by atoms with Crippen molar-refractivity contribution in [3.05, 3.63) is 71.3 Å². The van der Waals surface area contributed by atoms with Gasteiger partial charge in [-0.3, -0.25) is 24.2 Å². The molecule has 0 fully saturated rings. The summed E-state index contributed by atoms with van der Waals surface area (Å²) < 4.78 is 0. The van der Waals surface area contributed by atoms with E-state index in [0.717, 1.165) is 17.5 Å². The van der Waals surface area contributed by atoms with Crippen molar-refractivity contribution in [3.8, 4) is 0 Å². The molecule has 0 saturated carbocycles. The van der Waals surface area contributed by atoms with Crippen LogP contribution < -0.4 is 38.5 Å². The highest BCUT2D eigenvalue weighted by Crippen LogP contribution is 2.10. The molecular weight excluding hydrogens is 612 g/mol. The van der Waals surface area contributed by atoms with Crippen LogP contribution in [0.15, 0.2) is 59.6 Å². The zero-order valence-corrected chi connectivity index (χ0v) is 28.1. The maximum Gasteiger partial charge on any atom is 0.251 e. The third-order valence-electron chi connectivity index (χ3n) is 7.73. The lowest BCUT2D eigenvalue weighted by Gasteiger charge is -2.26. The highest BCUT2D eigenvalue weighted by Gasteiger charge is 2.30. The van der Waals surface area contributed by atoms with Gasteiger partial charge in [0.2, 0.25) is 17.7 Å². The number of carbonyl (C=O) groups excluding carboxylic acids is 5. The molecule has 2 aromatic rings. The number of hydrogen-bond donors (Lipinski definition) is 7. The van der Waals surface area contributed by atoms with E-state index in [2.05, 4.69) is 26.3 Å². The van der Waals surface area contributed by atoms with Gasteiger partial charge in [-0.1, -0.05) is 67.8 Å². The molecule has 262 valence electrons. The van der Waals surface area contributed by atoms with Gasteiger partial charge in [-0.25, -0.2) is 0 Å². The molecule has 0 bridgehead atoms. The fourth-order valence-electron chi connectivity index (χ4n) is 4.98. The molecule has 0 radical (unpaired) electrons. The van der Waals surface area contributed by atoms with Gasteiger partial charge in [0.25, 0.3) is 5.91 Å². The Bertz CT molecular complexity index is 1330. The number of hydrogen-bond acceptors (Lipinski definition) is 7. The number of aryl methyl sites for hydroxylation is 1. The van der Waals surface area contributed by atoms with Gasteiger partial charge in [0.1, 0.15) is 24.4 Å². The van der Waals surface area contributed by atoms with Crippen LogP contribution in [0.2, 0.25) is 0 Å². The molecule has 0 unspecified atom stereocenters. The van der Waals surface area contributed by atoms with E-state index < -0.39 is 47.8 Å². The van der Waals surface area contributed by atoms with Crippen LogP contribution in [-0.4, -0.2) is 73.1 Å². The van der Waals surface area contributed by atoms with E-state index in [1.165, 1.54) is 0 Å². The summed E-state index contributed by atoms with van der Waals surface area (Å²) >= 11 is 0. The Morgan fingerprint density at radius 2 is 1.31 bits per heavy atom. The number of unbranched alkanes of at least 4 members (excludes halogenated alkanes) is 2. The lowest BCUT2D eigenvalue weighted by molar-refractivity contribution is -0.133. The van der Waals surface area contributed by atoms with Crippen molar-refractivity contribution in [2.24, 2.45) is 22.2 Å². The van der Waals surface area contributed by atoms with Crippen molar-refractivity contribution in [2.45, 2.75) is 95.8 Å². The lowest BCUT2D eigenvalue weighted by Crippen LogP contribution is -2.57. The molecule has 0 aliphatic heterocycles. The van der Waals surface area contributed by atoms with Gasteiger partial charge in [0.05, 0.1) is 6.04 Å². The maximum atomic E-state index is 13.7. The summed E-state index contributed by atoms with van der Waals surface area (Å²) in [5, 5.41) is 11.1. The fraction of sp³-hybridized carbons (Fsp3) is 0.486. The summed E-state index contributed by atoms with van der Waals surface area (Å²) in [7, 11) is 0. The smallest absolute Gasteiger partial charge is 0.251 e. The van der Waals surface area contributed by atoms with Crippen LogP contribution in [0, 0.1) is 6.92 Å². The molecule has 0 saturated heterocycles. The number of amides is 4. The minimum absolute atomic E-state index is 0.0983. The van der Waals surface area contributed by atoms with Crippen LogP contribution in [-0.2, 0) is 25.6 Å². The van der Waals surface area contributed by atoms with Gasteiger partial charge >= 0.3 is 0 Å². The number of nitrogens with two attached hydrogens (primary N) is 3. The largest absolute Gasteiger partial charge is 0.370 e. The third-order valence-corrected chi connectivity index (χ3v) is 7.73. The molecule has 0 aliphatic carbocycles. The third kappa shape index (κ3) is 14.8. The second kappa shape index (κ2) is 21.9. The number of rotatable bonds is 22. The van der Waals surface area contributed by atoms with Crippen molar-refractivity contribution < 1.29 is 24.0 Å². The van der Waals surface area contributed by atoms with Gasteiger partial charge in [0.15, 0.2) is 5.96 Å². The standard InChI is InChI=1S/C35H52N8O5/c1-3-4-13-28(41-31(45)26-11-6-5-7-12-26)33(47)42-29(14-8-9-20-36)34(48)43-30(15-10-21-39-35(37)38)32(46)40-27(23-44)22-25-18-16-24(2)17-19-25/h5-7,11-12,16-19,23,27-30H,3-4,8-10,13-15,20-22,36H2,1-2H3,(H,40,46)(H,41,45)(H,42,47)(H,43,48)(H4,37,38,39)/t27-,28-,29-,30-/m0/s1. The molecule has 13 heteroatoms. The number of nitrogens with zero attached hydrogens (tertiary/aromatic N) is 1. The Morgan fingerprint density at radius 1 is 0.750 bits per heavy atom. The quantitative estimate of drug-likeness (QED) is 0.0420. The average Bonchev–Trinajstić information content (AvgIpc) is 3.08. The average molecular weight is 665 g/mol. The van der Waals surface area contributed by atoms with Gasteiger partial charge in [-0.15, -0.1) is 0 Å². The highest BCUT2D eigenvalue weighted by atomic mass is 16.2. The number of aliphatic imine (C=N–C) groups is 1. The van der Waals surface area contributed by atoms with Crippen LogP contribution in [0.25, 0.3) is 0 Å². The lowest BCUT2D eigenvalue weighted by atomic mass is 10.0. The summed E-state index contributed by atoms with van der Waals surface area (Å²) in [6.07, 6.45) is 4.72. The predicted octanol–water partition coefficient (Wildman–Crippen LogP) is 1.36. The van der Waals surface area contributed by atoms with E-state index in [9.17, 15) is 24.0 Å². The summed E-state index contributed by atoms with van der Waals surface area (Å²) in [4.78, 5) is 69.6. The molecule has 13 nitrogen and oxygen atoms in total. The van der Waals surface area contributed by atoms with E-state index in [-0.39, 0.29) is 31.8 Å². The zero-order chi connectivity index (χ0) is 35.3. The van der Waals surface area contributed by atoms with E-state index in [0.29, 0.717) is 50.5 Å². The minimum atomic E-state index is -1.05. The Balaban J connectivity index is 2.23. The first kappa shape index (κ1) is 39.4. The molecule has 2 rings (SSSR count). The predicted molar refractivity (Wildman–Crippen MR) is 187 cm³/mol. The van der Waals surface area contributed by atoms with Crippen molar-refractivity contribution in [3.63, 3.8) is 0 Å². The number of carbonyl (C=O) groups is 5. The maximum absolute atomic E-state index is 13.7. The number of guanidine groups is 1. The SMILES string of the molecule is CCCC[C@H](NC(=O)c1ccccc1)C(=O)N[C@@H](CCCCN)C(=O)N[C@@H](CCCN=C(N)N)C(=O)N[C@H](C=O)Cc1ccc(C)cc1. The summed E-state index contributed by atoms with van der Waals surface area (Å²) in [6.45, 7) is 4.55. The molecule has 0 heterocycles. The molecule has 48 heavy (non-hydrogen) atoms. The molecular formula is C35H52N8O5. The molecule has 10 N–H and O–H groups in total. The van der Waals surface area contributed by atoms with Crippen molar-refractivity contribution in [1.82, 2.24) is 21.3 Å². The normalized spacial score (nSPS) is 13.2. The number of aldehydes is 1. The van der Waals surface area contributed by atoms with E-state index >= 15 is 0 Å². The number of nitrogens with one attached hydrogen (secondary N) is 4. The topological polar surface area (TPSA) is 224 Å². The Hall–Kier alpha value is -4.78. The molecule has 2 aromatic carbocycles. The molecule has 4 amide bonds. The van der Waals surface area contributed by atoms with Crippen molar-refractivity contribution in [1.29, 1.82) is 0 Å². The first-order valence-electron chi connectivity index (χ1n) is 16.6. The zero-order valence-electron chi connectivity index (χ0n) is 28.1. The van der Waals surface area contributed by atoms with Gasteiger partial charge in [-0.05, 0) is 76.1 Å². The van der Waals surface area contributed by atoms with E-state index in [1.54, 1.807) is 30.3 Å². The van der Waals surface area contributed by atoms with E-state index in [4.69, 9.17) is 17.2 Å². The molecule has 0 aromatic heterocycles. The second-order valence-corrected chi connectivity index (χ2v) is 11.8. The van der Waals surface area contributed by atoms with Crippen LogP contribution in [0.4, 0.5) is 0 Å². The minimum Gasteiger partial charge on any atom is -0.370 e. The fourth-order valence-corrected chi connectivity index (χ4v) is 4.98. The first-order valence-corrected chi connectivity index (χ1v) is 16.6. The number of benzene rings is 2. The van der Waals surface area contributed by atoms with Gasteiger partial charge in [0, 0.05) is 12.1 Å². The highest BCUT2D eigenvalue weighted by molar-refractivity contribution is 5.98. The van der Waals surface area contributed by atoms with Crippen molar-refractivity contribution >= 4 is 35.9 Å². The Morgan fingerprint density at radius 3 is 1.88 bits per heavy atom. The summed E-state index contributed by atoms with van der Waals surface area (Å²) in [5.41, 5.74) is 18.9. The molecule has 4 atom stereocenters. The summed E-state index contributed by atoms with van der Waals surface area (Å²) in [5.74, 6) is -2.14. The van der Waals surface area contributed by atoms with E-state index in [1.807, 2.05) is 38.1 Å². The van der Waals surface area contributed by atoms with Gasteiger partial charge < -0.3 is 43.3 Å². The monoisotopic (exact) mass is 664 g/mol. The van der Waals surface area contributed by atoms with Crippen LogP contribution >= 0.6 is 0 Å². The van der Waals surface area contributed by atoms with Crippen LogP contribution in [0.5, 0.6) is 0 Å². The van der Waals surface area contributed by atoms with Crippen LogP contribution in [0.1, 0.15) is 79.8 Å². The second-order valence-electron chi connectivity index (χ2n) is 11.8.